The molecule has 0 aliphatic rings. The van der Waals surface area contributed by atoms with Crippen molar-refractivity contribution in [2.45, 2.75) is 64.6 Å². The van der Waals surface area contributed by atoms with Crippen molar-refractivity contribution in [2.75, 3.05) is 0 Å². The summed E-state index contributed by atoms with van der Waals surface area (Å²) in [5.74, 6) is -0.206. The maximum Gasteiger partial charge on any atom is 0.306 e. The third-order valence-electron chi connectivity index (χ3n) is 3.53. The average molecular weight is 306 g/mol. The van der Waals surface area contributed by atoms with E-state index in [1.54, 1.807) is 0 Å². The van der Waals surface area contributed by atoms with Crippen molar-refractivity contribution in [3.8, 4) is 0 Å². The largest absolute Gasteiger partial charge is 0.465 e. The molecule has 1 aromatic rings. The molecule has 22 heavy (non-hydrogen) atoms. The molecule has 1 aromatic carbocycles. The molecule has 0 aromatic heterocycles. The van der Waals surface area contributed by atoms with Gasteiger partial charge in [-0.25, -0.2) is 0 Å². The summed E-state index contributed by atoms with van der Waals surface area (Å²) in [4.78, 5) is 22.2. The Morgan fingerprint density at radius 1 is 1.14 bits per heavy atom. The fourth-order valence-electron chi connectivity index (χ4n) is 2.27. The zero-order valence-electron chi connectivity index (χ0n) is 13.3. The molecule has 1 atom stereocenters. The number of hydrogen-bond donors (Lipinski definition) is 0. The zero-order valence-corrected chi connectivity index (χ0v) is 13.3. The molecule has 4 heteroatoms. The molecule has 0 spiro atoms. The van der Waals surface area contributed by atoms with Crippen molar-refractivity contribution >= 4 is 12.4 Å². The lowest BCUT2D eigenvalue weighted by Gasteiger charge is -2.14. The van der Waals surface area contributed by atoms with Gasteiger partial charge in [0.1, 0.15) is 12.7 Å². The van der Waals surface area contributed by atoms with Crippen LogP contribution < -0.4 is 0 Å². The molecule has 0 heterocycles. The molecule has 0 saturated heterocycles. The summed E-state index contributed by atoms with van der Waals surface area (Å²) in [6.45, 7) is 2.95. The van der Waals surface area contributed by atoms with E-state index in [-0.39, 0.29) is 12.1 Å². The van der Waals surface area contributed by atoms with Crippen LogP contribution in [0, 0.1) is 0 Å². The van der Waals surface area contributed by atoms with Gasteiger partial charge in [-0.1, -0.05) is 50.1 Å². The first-order valence-electron chi connectivity index (χ1n) is 8.05. The van der Waals surface area contributed by atoms with Crippen molar-refractivity contribution in [3.05, 3.63) is 35.9 Å². The molecular formula is C18H26O4. The minimum Gasteiger partial charge on any atom is -0.465 e. The van der Waals surface area contributed by atoms with E-state index in [0.717, 1.165) is 31.2 Å². The van der Waals surface area contributed by atoms with Gasteiger partial charge in [-0.05, 0) is 31.2 Å². The van der Waals surface area contributed by atoms with Gasteiger partial charge in [0.2, 0.25) is 0 Å². The molecule has 0 amide bonds. The fourth-order valence-corrected chi connectivity index (χ4v) is 2.27. The molecule has 0 radical (unpaired) electrons. The number of ether oxygens (including phenoxy) is 2. The minimum absolute atomic E-state index is 0.0778. The summed E-state index contributed by atoms with van der Waals surface area (Å²) in [5.41, 5.74) is 0.984. The van der Waals surface area contributed by atoms with Gasteiger partial charge >= 0.3 is 5.97 Å². The van der Waals surface area contributed by atoms with Crippen molar-refractivity contribution < 1.29 is 19.1 Å². The second-order valence-corrected chi connectivity index (χ2v) is 5.39. The standard InChI is InChI=1S/C18H26O4/c1-2-3-5-11-17(22-15-19)12-8-13-18(20)21-14-16-9-6-4-7-10-16/h4,6-7,9-10,15,17H,2-3,5,8,11-14H2,1H3. The van der Waals surface area contributed by atoms with Crippen LogP contribution in [0.25, 0.3) is 0 Å². The van der Waals surface area contributed by atoms with Crippen LogP contribution in [0.3, 0.4) is 0 Å². The lowest BCUT2D eigenvalue weighted by molar-refractivity contribution is -0.145. The third kappa shape index (κ3) is 8.45. The summed E-state index contributed by atoms with van der Waals surface area (Å²) in [7, 11) is 0. The molecule has 0 N–H and O–H groups in total. The molecule has 0 fully saturated rings. The van der Waals surface area contributed by atoms with Crippen LogP contribution in [0.15, 0.2) is 30.3 Å². The fraction of sp³-hybridized carbons (Fsp3) is 0.556. The highest BCUT2D eigenvalue weighted by Crippen LogP contribution is 2.13. The smallest absolute Gasteiger partial charge is 0.306 e. The number of esters is 1. The Balaban J connectivity index is 2.17. The third-order valence-corrected chi connectivity index (χ3v) is 3.53. The van der Waals surface area contributed by atoms with Gasteiger partial charge in [-0.2, -0.15) is 0 Å². The summed E-state index contributed by atoms with van der Waals surface area (Å²) in [6, 6.07) is 9.61. The van der Waals surface area contributed by atoms with Crippen LogP contribution in [0.4, 0.5) is 0 Å². The Hall–Kier alpha value is -1.84. The predicted molar refractivity (Wildman–Crippen MR) is 85.2 cm³/mol. The van der Waals surface area contributed by atoms with Crippen LogP contribution in [0.1, 0.15) is 57.4 Å². The highest BCUT2D eigenvalue weighted by atomic mass is 16.5. The van der Waals surface area contributed by atoms with Gasteiger partial charge < -0.3 is 9.47 Å². The molecule has 1 unspecified atom stereocenters. The number of unbranched alkanes of at least 4 members (excludes halogenated alkanes) is 2. The monoisotopic (exact) mass is 306 g/mol. The van der Waals surface area contributed by atoms with Crippen LogP contribution in [0.2, 0.25) is 0 Å². The molecule has 122 valence electrons. The predicted octanol–water partition coefficient (Wildman–Crippen LogP) is 4.02. The number of benzene rings is 1. The van der Waals surface area contributed by atoms with Crippen LogP contribution in [-0.2, 0) is 25.7 Å². The second-order valence-electron chi connectivity index (χ2n) is 5.39. The maximum absolute atomic E-state index is 11.7. The number of carbonyl (C=O) groups excluding carboxylic acids is 2. The quantitative estimate of drug-likeness (QED) is 0.332. The van der Waals surface area contributed by atoms with Gasteiger partial charge in [0, 0.05) is 6.42 Å². The summed E-state index contributed by atoms with van der Waals surface area (Å²) >= 11 is 0. The summed E-state index contributed by atoms with van der Waals surface area (Å²) in [5, 5.41) is 0. The summed E-state index contributed by atoms with van der Waals surface area (Å²) < 4.78 is 10.3. The normalized spacial score (nSPS) is 11.7. The van der Waals surface area contributed by atoms with Crippen molar-refractivity contribution in [2.24, 2.45) is 0 Å². The minimum atomic E-state index is -0.206. The molecule has 0 saturated carbocycles. The molecule has 0 aliphatic heterocycles. The number of carbonyl (C=O) groups is 2. The van der Waals surface area contributed by atoms with Crippen molar-refractivity contribution in [1.29, 1.82) is 0 Å². The highest BCUT2D eigenvalue weighted by molar-refractivity contribution is 5.69. The number of rotatable bonds is 12. The Labute approximate surface area is 132 Å². The number of hydrogen-bond acceptors (Lipinski definition) is 4. The van der Waals surface area contributed by atoms with Crippen LogP contribution in [-0.4, -0.2) is 18.5 Å². The van der Waals surface area contributed by atoms with E-state index in [0.29, 0.717) is 32.3 Å². The van der Waals surface area contributed by atoms with E-state index in [1.807, 2.05) is 30.3 Å². The first-order chi connectivity index (χ1) is 10.8. The Morgan fingerprint density at radius 3 is 2.55 bits per heavy atom. The van der Waals surface area contributed by atoms with E-state index < -0.39 is 0 Å². The maximum atomic E-state index is 11.7. The van der Waals surface area contributed by atoms with E-state index in [2.05, 4.69) is 6.92 Å². The molecule has 4 nitrogen and oxygen atoms in total. The Bertz CT molecular complexity index is 416. The lowest BCUT2D eigenvalue weighted by Crippen LogP contribution is -2.13. The van der Waals surface area contributed by atoms with Gasteiger partial charge in [0.25, 0.3) is 6.47 Å². The zero-order chi connectivity index (χ0) is 16.0. The molecular weight excluding hydrogens is 280 g/mol. The van der Waals surface area contributed by atoms with E-state index in [1.165, 1.54) is 0 Å². The molecule has 1 rings (SSSR count). The lowest BCUT2D eigenvalue weighted by atomic mass is 10.1. The van der Waals surface area contributed by atoms with E-state index in [9.17, 15) is 9.59 Å². The van der Waals surface area contributed by atoms with Gasteiger partial charge in [-0.3, -0.25) is 9.59 Å². The molecule has 0 aliphatic carbocycles. The summed E-state index contributed by atoms with van der Waals surface area (Å²) in [6.07, 6.45) is 5.86. The molecule has 0 bridgehead atoms. The first kappa shape index (κ1) is 18.2. The average Bonchev–Trinajstić information content (AvgIpc) is 2.54. The Morgan fingerprint density at radius 2 is 1.86 bits per heavy atom. The Kier molecular flexibility index (Phi) is 9.75. The van der Waals surface area contributed by atoms with Gasteiger partial charge in [0.05, 0.1) is 0 Å². The van der Waals surface area contributed by atoms with Crippen molar-refractivity contribution in [3.63, 3.8) is 0 Å². The first-order valence-corrected chi connectivity index (χ1v) is 8.05. The van der Waals surface area contributed by atoms with E-state index in [4.69, 9.17) is 9.47 Å². The van der Waals surface area contributed by atoms with Gasteiger partial charge in [-0.15, -0.1) is 0 Å². The van der Waals surface area contributed by atoms with Crippen LogP contribution in [0.5, 0.6) is 0 Å². The second kappa shape index (κ2) is 11.8. The highest BCUT2D eigenvalue weighted by Gasteiger charge is 2.11. The van der Waals surface area contributed by atoms with Crippen LogP contribution >= 0.6 is 0 Å². The van der Waals surface area contributed by atoms with E-state index >= 15 is 0 Å². The topological polar surface area (TPSA) is 52.6 Å². The van der Waals surface area contributed by atoms with Crippen molar-refractivity contribution in [1.82, 2.24) is 0 Å². The SMILES string of the molecule is CCCCCC(CCCC(=O)OCc1ccccc1)OC=O. The van der Waals surface area contributed by atoms with Gasteiger partial charge in [0.15, 0.2) is 0 Å².